The molecule has 0 aliphatic heterocycles. The van der Waals surface area contributed by atoms with E-state index in [0.717, 1.165) is 22.7 Å². The van der Waals surface area contributed by atoms with E-state index in [1.165, 1.54) is 49.5 Å². The third-order valence-electron chi connectivity index (χ3n) is 8.88. The van der Waals surface area contributed by atoms with Crippen LogP contribution in [-0.2, 0) is 0 Å². The van der Waals surface area contributed by atoms with Crippen LogP contribution in [0.2, 0.25) is 0 Å². The largest absolute Gasteiger partial charge is 0.310 e. The van der Waals surface area contributed by atoms with Gasteiger partial charge in [0.25, 0.3) is 0 Å². The predicted molar refractivity (Wildman–Crippen MR) is 189 cm³/mol. The molecule has 212 valence electrons. The standard InChI is InChI=1S/C42H29N3/c1-3-15-31(16-4-1)41-36-21-9-10-22-38(36)45-40-24-12-11-23-39(40)44(42(41)45)34-28-26-33(27-29-34)43(32-18-5-2-6-19-32)37-25-13-17-30-14-7-8-20-35(30)37/h1-29H. The molecule has 0 aliphatic rings. The second-order valence-electron chi connectivity index (χ2n) is 11.4. The summed E-state index contributed by atoms with van der Waals surface area (Å²) in [5.41, 5.74) is 11.7. The number of rotatable bonds is 5. The Morgan fingerprint density at radius 2 is 0.978 bits per heavy atom. The fraction of sp³-hybridized carbons (Fsp3) is 0. The first-order valence-electron chi connectivity index (χ1n) is 15.4. The zero-order chi connectivity index (χ0) is 29.7. The van der Waals surface area contributed by atoms with Crippen LogP contribution < -0.4 is 4.90 Å². The molecule has 9 rings (SSSR count). The van der Waals surface area contributed by atoms with E-state index in [1.54, 1.807) is 0 Å². The van der Waals surface area contributed by atoms with E-state index in [4.69, 9.17) is 0 Å². The molecule has 0 aliphatic carbocycles. The smallest absolute Gasteiger partial charge is 0.131 e. The monoisotopic (exact) mass is 575 g/mol. The van der Waals surface area contributed by atoms with Gasteiger partial charge in [0.05, 0.1) is 22.2 Å². The molecule has 0 saturated carbocycles. The number of hydrogen-bond acceptors (Lipinski definition) is 1. The third kappa shape index (κ3) is 3.98. The molecule has 0 spiro atoms. The van der Waals surface area contributed by atoms with Crippen LogP contribution in [-0.4, -0.2) is 8.97 Å². The van der Waals surface area contributed by atoms with Gasteiger partial charge in [-0.15, -0.1) is 0 Å². The second kappa shape index (κ2) is 10.3. The maximum atomic E-state index is 2.42. The van der Waals surface area contributed by atoms with E-state index in [-0.39, 0.29) is 0 Å². The van der Waals surface area contributed by atoms with E-state index in [2.05, 4.69) is 190 Å². The molecule has 45 heavy (non-hydrogen) atoms. The Balaban J connectivity index is 1.29. The molecule has 2 heterocycles. The highest BCUT2D eigenvalue weighted by molar-refractivity contribution is 6.09. The van der Waals surface area contributed by atoms with Crippen LogP contribution in [0, 0.1) is 0 Å². The minimum absolute atomic E-state index is 1.11. The summed E-state index contributed by atoms with van der Waals surface area (Å²) in [6.07, 6.45) is 0. The molecular weight excluding hydrogens is 546 g/mol. The average molecular weight is 576 g/mol. The van der Waals surface area contributed by atoms with Gasteiger partial charge < -0.3 is 4.90 Å². The van der Waals surface area contributed by atoms with Crippen LogP contribution in [0.1, 0.15) is 0 Å². The Morgan fingerprint density at radius 1 is 0.400 bits per heavy atom. The maximum Gasteiger partial charge on any atom is 0.131 e. The Kier molecular flexibility index (Phi) is 5.82. The van der Waals surface area contributed by atoms with Crippen molar-refractivity contribution in [2.45, 2.75) is 0 Å². The lowest BCUT2D eigenvalue weighted by atomic mass is 10.0. The van der Waals surface area contributed by atoms with Crippen molar-refractivity contribution in [3.8, 4) is 16.8 Å². The number of benzene rings is 7. The minimum atomic E-state index is 1.11. The van der Waals surface area contributed by atoms with E-state index >= 15 is 0 Å². The number of aromatic nitrogens is 2. The number of fused-ring (bicyclic) bond motifs is 6. The van der Waals surface area contributed by atoms with Gasteiger partial charge in [-0.25, -0.2) is 0 Å². The van der Waals surface area contributed by atoms with Crippen molar-refractivity contribution in [2.24, 2.45) is 0 Å². The SMILES string of the molecule is c1ccc(-c2c3ccccc3n3c4ccccc4n(-c4ccc(N(c5ccccc5)c5cccc6ccccc56)cc4)c23)cc1. The summed E-state index contributed by atoms with van der Waals surface area (Å²) in [5, 5.41) is 3.70. The quantitative estimate of drug-likeness (QED) is 0.199. The molecule has 0 atom stereocenters. The first-order valence-corrected chi connectivity index (χ1v) is 15.4. The molecule has 2 aromatic heterocycles. The summed E-state index contributed by atoms with van der Waals surface area (Å²) < 4.78 is 4.85. The van der Waals surface area contributed by atoms with Crippen LogP contribution in [0.4, 0.5) is 17.1 Å². The van der Waals surface area contributed by atoms with Crippen LogP contribution in [0.3, 0.4) is 0 Å². The Hall–Kier alpha value is -6.06. The molecular formula is C42H29N3. The summed E-state index contributed by atoms with van der Waals surface area (Å²) >= 11 is 0. The van der Waals surface area contributed by atoms with Crippen LogP contribution in [0.5, 0.6) is 0 Å². The van der Waals surface area contributed by atoms with Crippen molar-refractivity contribution >= 4 is 55.4 Å². The first-order chi connectivity index (χ1) is 22.4. The number of hydrogen-bond donors (Lipinski definition) is 0. The van der Waals surface area contributed by atoms with Gasteiger partial charge in [-0.2, -0.15) is 0 Å². The molecule has 0 N–H and O–H groups in total. The predicted octanol–water partition coefficient (Wildman–Crippen LogP) is 11.3. The summed E-state index contributed by atoms with van der Waals surface area (Å²) in [7, 11) is 0. The maximum absolute atomic E-state index is 2.42. The normalized spacial score (nSPS) is 11.6. The fourth-order valence-corrected chi connectivity index (χ4v) is 6.95. The number of anilines is 3. The molecule has 0 bridgehead atoms. The van der Waals surface area contributed by atoms with Gasteiger partial charge in [0.1, 0.15) is 5.65 Å². The highest BCUT2D eigenvalue weighted by Crippen LogP contribution is 2.42. The Morgan fingerprint density at radius 3 is 1.76 bits per heavy atom. The fourth-order valence-electron chi connectivity index (χ4n) is 6.95. The number of nitrogens with zero attached hydrogens (tertiary/aromatic N) is 3. The zero-order valence-corrected chi connectivity index (χ0v) is 24.6. The summed E-state index contributed by atoms with van der Waals surface area (Å²) in [5.74, 6) is 0. The van der Waals surface area contributed by atoms with Crippen LogP contribution >= 0.6 is 0 Å². The van der Waals surface area contributed by atoms with Crippen molar-refractivity contribution in [1.29, 1.82) is 0 Å². The molecule has 3 nitrogen and oxygen atoms in total. The molecule has 0 fully saturated rings. The van der Waals surface area contributed by atoms with Gasteiger partial charge in [-0.3, -0.25) is 8.97 Å². The molecule has 0 saturated heterocycles. The lowest BCUT2D eigenvalue weighted by Crippen LogP contribution is -2.10. The van der Waals surface area contributed by atoms with Gasteiger partial charge in [0, 0.05) is 33.4 Å². The van der Waals surface area contributed by atoms with Crippen molar-refractivity contribution in [3.05, 3.63) is 176 Å². The van der Waals surface area contributed by atoms with Crippen molar-refractivity contribution < 1.29 is 0 Å². The summed E-state index contributed by atoms with van der Waals surface area (Å²) in [6, 6.07) is 63.0. The molecule has 7 aromatic carbocycles. The molecule has 0 radical (unpaired) electrons. The molecule has 3 heteroatoms. The van der Waals surface area contributed by atoms with E-state index < -0.39 is 0 Å². The second-order valence-corrected chi connectivity index (χ2v) is 11.4. The van der Waals surface area contributed by atoms with Crippen molar-refractivity contribution in [3.63, 3.8) is 0 Å². The van der Waals surface area contributed by atoms with Gasteiger partial charge >= 0.3 is 0 Å². The Labute approximate surface area is 261 Å². The lowest BCUT2D eigenvalue weighted by molar-refractivity contribution is 1.14. The molecule has 0 amide bonds. The highest BCUT2D eigenvalue weighted by Gasteiger charge is 2.22. The first kappa shape index (κ1) is 25.4. The van der Waals surface area contributed by atoms with Crippen molar-refractivity contribution in [1.82, 2.24) is 8.97 Å². The highest BCUT2D eigenvalue weighted by atomic mass is 15.2. The van der Waals surface area contributed by atoms with Gasteiger partial charge in [0.15, 0.2) is 0 Å². The number of imidazole rings is 1. The van der Waals surface area contributed by atoms with E-state index in [9.17, 15) is 0 Å². The van der Waals surface area contributed by atoms with Crippen LogP contribution in [0.15, 0.2) is 176 Å². The Bertz CT molecular complexity index is 2460. The minimum Gasteiger partial charge on any atom is -0.310 e. The lowest BCUT2D eigenvalue weighted by Gasteiger charge is -2.27. The van der Waals surface area contributed by atoms with Crippen molar-refractivity contribution in [2.75, 3.05) is 4.90 Å². The summed E-state index contributed by atoms with van der Waals surface area (Å²) in [6.45, 7) is 0. The topological polar surface area (TPSA) is 12.6 Å². The van der Waals surface area contributed by atoms with Gasteiger partial charge in [0.2, 0.25) is 0 Å². The van der Waals surface area contributed by atoms with Gasteiger partial charge in [-0.1, -0.05) is 115 Å². The average Bonchev–Trinajstić information content (AvgIpc) is 3.62. The van der Waals surface area contributed by atoms with E-state index in [1.807, 2.05) is 0 Å². The molecule has 9 aromatic rings. The van der Waals surface area contributed by atoms with E-state index in [0.29, 0.717) is 0 Å². The molecule has 0 unspecified atom stereocenters. The van der Waals surface area contributed by atoms with Crippen LogP contribution in [0.25, 0.3) is 55.2 Å². The summed E-state index contributed by atoms with van der Waals surface area (Å²) in [4.78, 5) is 2.36. The zero-order valence-electron chi connectivity index (χ0n) is 24.6. The third-order valence-corrected chi connectivity index (χ3v) is 8.88. The van der Waals surface area contributed by atoms with Gasteiger partial charge in [-0.05, 0) is 71.6 Å². The number of para-hydroxylation sites is 4.